The summed E-state index contributed by atoms with van der Waals surface area (Å²) < 4.78 is 61.3. The molecule has 0 nitrogen and oxygen atoms in total. The SMILES string of the molecule is CCCCC(F)(F)F.CCCc1c(C)cc(F)c(C(C)C)c1F. The van der Waals surface area contributed by atoms with Crippen LogP contribution in [0.15, 0.2) is 6.07 Å². The van der Waals surface area contributed by atoms with Crippen LogP contribution < -0.4 is 0 Å². The molecule has 0 heterocycles. The van der Waals surface area contributed by atoms with Crippen LogP contribution in [-0.2, 0) is 6.42 Å². The Morgan fingerprint density at radius 2 is 1.61 bits per heavy atom. The van der Waals surface area contributed by atoms with E-state index in [2.05, 4.69) is 0 Å². The van der Waals surface area contributed by atoms with Crippen molar-refractivity contribution in [2.24, 2.45) is 0 Å². The Balaban J connectivity index is 0.000000515. The van der Waals surface area contributed by atoms with Crippen molar-refractivity contribution in [3.8, 4) is 0 Å². The fourth-order valence-electron chi connectivity index (χ4n) is 2.26. The Bertz CT molecular complexity index is 475. The highest BCUT2D eigenvalue weighted by atomic mass is 19.4. The van der Waals surface area contributed by atoms with E-state index in [0.717, 1.165) is 12.0 Å². The Morgan fingerprint density at radius 3 is 1.96 bits per heavy atom. The van der Waals surface area contributed by atoms with Crippen LogP contribution in [0.4, 0.5) is 22.0 Å². The molecule has 0 aromatic heterocycles. The standard InChI is InChI=1S/C13H18F2.C5H9F3/c1-5-6-10-9(4)7-11(14)12(8(2)3)13(10)15;1-2-3-4-5(6,7)8/h7-8H,5-6H2,1-4H3;2-4H2,1H3. The van der Waals surface area contributed by atoms with E-state index >= 15 is 0 Å². The molecule has 0 aliphatic heterocycles. The molecule has 1 aromatic carbocycles. The number of hydrogen-bond acceptors (Lipinski definition) is 0. The molecule has 0 unspecified atom stereocenters. The molecule has 0 fully saturated rings. The quantitative estimate of drug-likeness (QED) is 0.503. The first kappa shape index (κ1) is 21.9. The molecule has 1 aromatic rings. The molecule has 0 N–H and O–H groups in total. The fourth-order valence-corrected chi connectivity index (χ4v) is 2.26. The molecular formula is C18H27F5. The van der Waals surface area contributed by atoms with E-state index in [1.807, 2.05) is 20.8 Å². The molecule has 0 saturated heterocycles. The lowest BCUT2D eigenvalue weighted by molar-refractivity contribution is -0.135. The average molecular weight is 338 g/mol. The van der Waals surface area contributed by atoms with Gasteiger partial charge >= 0.3 is 6.18 Å². The molecule has 0 amide bonds. The van der Waals surface area contributed by atoms with Crippen molar-refractivity contribution in [1.29, 1.82) is 0 Å². The number of alkyl halides is 3. The van der Waals surface area contributed by atoms with Gasteiger partial charge in [-0.15, -0.1) is 0 Å². The number of halogens is 5. The topological polar surface area (TPSA) is 0 Å². The maximum Gasteiger partial charge on any atom is 0.389 e. The Kier molecular flexibility index (Phi) is 9.40. The summed E-state index contributed by atoms with van der Waals surface area (Å²) in [6.07, 6.45) is -2.17. The predicted molar refractivity (Wildman–Crippen MR) is 84.8 cm³/mol. The second-order valence-electron chi connectivity index (χ2n) is 6.00. The van der Waals surface area contributed by atoms with E-state index in [1.165, 1.54) is 6.07 Å². The smallest absolute Gasteiger partial charge is 0.207 e. The van der Waals surface area contributed by atoms with Gasteiger partial charge in [0.1, 0.15) is 11.6 Å². The van der Waals surface area contributed by atoms with Gasteiger partial charge in [-0.3, -0.25) is 0 Å². The van der Waals surface area contributed by atoms with Gasteiger partial charge < -0.3 is 0 Å². The van der Waals surface area contributed by atoms with Crippen molar-refractivity contribution in [3.63, 3.8) is 0 Å². The first-order valence-electron chi connectivity index (χ1n) is 8.09. The van der Waals surface area contributed by atoms with Gasteiger partial charge in [0.15, 0.2) is 0 Å². The van der Waals surface area contributed by atoms with Crippen LogP contribution in [-0.4, -0.2) is 6.18 Å². The number of aryl methyl sites for hydroxylation is 1. The van der Waals surface area contributed by atoms with Crippen LogP contribution in [0.25, 0.3) is 0 Å². The molecule has 5 heteroatoms. The third-order valence-corrected chi connectivity index (χ3v) is 3.47. The fraction of sp³-hybridized carbons (Fsp3) is 0.667. The van der Waals surface area contributed by atoms with Gasteiger partial charge in [0.05, 0.1) is 0 Å². The van der Waals surface area contributed by atoms with Gasteiger partial charge in [0.2, 0.25) is 0 Å². The highest BCUT2D eigenvalue weighted by Crippen LogP contribution is 2.27. The first-order chi connectivity index (χ1) is 10.5. The highest BCUT2D eigenvalue weighted by molar-refractivity contribution is 5.36. The third-order valence-electron chi connectivity index (χ3n) is 3.47. The maximum absolute atomic E-state index is 14.0. The van der Waals surface area contributed by atoms with Gasteiger partial charge in [-0.2, -0.15) is 13.2 Å². The molecule has 0 radical (unpaired) electrons. The lowest BCUT2D eigenvalue weighted by Crippen LogP contribution is -2.05. The van der Waals surface area contributed by atoms with Crippen LogP contribution in [0.5, 0.6) is 0 Å². The second kappa shape index (κ2) is 9.89. The third kappa shape index (κ3) is 7.80. The van der Waals surface area contributed by atoms with Crippen LogP contribution in [0.3, 0.4) is 0 Å². The van der Waals surface area contributed by atoms with E-state index in [4.69, 9.17) is 0 Å². The molecule has 0 spiro atoms. The maximum atomic E-state index is 14.0. The minimum Gasteiger partial charge on any atom is -0.207 e. The van der Waals surface area contributed by atoms with E-state index in [-0.39, 0.29) is 23.7 Å². The number of rotatable bonds is 5. The number of benzene rings is 1. The monoisotopic (exact) mass is 338 g/mol. The zero-order valence-corrected chi connectivity index (χ0v) is 14.6. The molecule has 1 rings (SSSR count). The van der Waals surface area contributed by atoms with Crippen molar-refractivity contribution < 1.29 is 22.0 Å². The van der Waals surface area contributed by atoms with Gasteiger partial charge in [-0.1, -0.05) is 40.5 Å². The summed E-state index contributed by atoms with van der Waals surface area (Å²) in [5.74, 6) is -0.870. The molecule has 134 valence electrons. The summed E-state index contributed by atoms with van der Waals surface area (Å²) in [5, 5.41) is 0. The summed E-state index contributed by atoms with van der Waals surface area (Å²) >= 11 is 0. The number of unbranched alkanes of at least 4 members (excludes halogenated alkanes) is 1. The minimum atomic E-state index is -3.95. The Morgan fingerprint density at radius 1 is 1.04 bits per heavy atom. The lowest BCUT2D eigenvalue weighted by Gasteiger charge is -2.14. The summed E-state index contributed by atoms with van der Waals surface area (Å²) in [6, 6.07) is 1.45. The summed E-state index contributed by atoms with van der Waals surface area (Å²) in [6.45, 7) is 9.13. The molecular weight excluding hydrogens is 311 g/mol. The van der Waals surface area contributed by atoms with Crippen LogP contribution in [0.2, 0.25) is 0 Å². The predicted octanol–water partition coefficient (Wildman–Crippen LogP) is 7.09. The normalized spacial score (nSPS) is 11.4. The summed E-state index contributed by atoms with van der Waals surface area (Å²) in [7, 11) is 0. The van der Waals surface area contributed by atoms with Gasteiger partial charge in [0.25, 0.3) is 0 Å². The van der Waals surface area contributed by atoms with E-state index in [0.29, 0.717) is 18.4 Å². The summed E-state index contributed by atoms with van der Waals surface area (Å²) in [5.41, 5.74) is 1.61. The van der Waals surface area contributed by atoms with Crippen molar-refractivity contribution in [1.82, 2.24) is 0 Å². The highest BCUT2D eigenvalue weighted by Gasteiger charge is 2.25. The first-order valence-corrected chi connectivity index (χ1v) is 8.09. The largest absolute Gasteiger partial charge is 0.389 e. The molecule has 0 aliphatic rings. The van der Waals surface area contributed by atoms with Gasteiger partial charge in [0, 0.05) is 12.0 Å². The van der Waals surface area contributed by atoms with E-state index in [1.54, 1.807) is 13.8 Å². The van der Waals surface area contributed by atoms with Crippen molar-refractivity contribution in [3.05, 3.63) is 34.4 Å². The molecule has 23 heavy (non-hydrogen) atoms. The second-order valence-corrected chi connectivity index (χ2v) is 6.00. The van der Waals surface area contributed by atoms with Crippen LogP contribution in [0, 0.1) is 18.6 Å². The molecule has 0 saturated carbocycles. The van der Waals surface area contributed by atoms with E-state index in [9.17, 15) is 22.0 Å². The zero-order chi connectivity index (χ0) is 18.2. The molecule has 0 aliphatic carbocycles. The van der Waals surface area contributed by atoms with Crippen LogP contribution in [0.1, 0.15) is 76.0 Å². The molecule has 0 bridgehead atoms. The molecule has 0 atom stereocenters. The number of hydrogen-bond donors (Lipinski definition) is 0. The Labute approximate surface area is 136 Å². The summed E-state index contributed by atoms with van der Waals surface area (Å²) in [4.78, 5) is 0. The average Bonchev–Trinajstić information content (AvgIpc) is 2.40. The zero-order valence-electron chi connectivity index (χ0n) is 14.6. The van der Waals surface area contributed by atoms with Crippen molar-refractivity contribution >= 4 is 0 Å². The van der Waals surface area contributed by atoms with Gasteiger partial charge in [-0.05, 0) is 42.9 Å². The Hall–Kier alpha value is -1.13. The lowest BCUT2D eigenvalue weighted by atomic mass is 9.94. The minimum absolute atomic E-state index is 0.110. The van der Waals surface area contributed by atoms with Crippen molar-refractivity contribution in [2.75, 3.05) is 0 Å². The van der Waals surface area contributed by atoms with Crippen molar-refractivity contribution in [2.45, 2.75) is 78.8 Å². The van der Waals surface area contributed by atoms with Crippen LogP contribution >= 0.6 is 0 Å². The van der Waals surface area contributed by atoms with E-state index < -0.39 is 18.4 Å². The van der Waals surface area contributed by atoms with Gasteiger partial charge in [-0.25, -0.2) is 8.78 Å².